The molecule has 2 aromatic carbocycles. The normalized spacial score (nSPS) is 10.7. The van der Waals surface area contributed by atoms with Gasteiger partial charge in [-0.1, -0.05) is 0 Å². The summed E-state index contributed by atoms with van der Waals surface area (Å²) in [4.78, 5) is 12.0. The molecule has 0 aliphatic carbocycles. The van der Waals surface area contributed by atoms with Crippen molar-refractivity contribution in [3.8, 4) is 32.4 Å². The average molecular weight is 332 g/mol. The molecule has 0 spiro atoms. The van der Waals surface area contributed by atoms with Crippen LogP contribution < -0.4 is 0 Å². The lowest BCUT2D eigenvalue weighted by Gasteiger charge is -2.02. The van der Waals surface area contributed by atoms with Crippen LogP contribution in [0.2, 0.25) is 0 Å². The van der Waals surface area contributed by atoms with Crippen LogP contribution in [0.15, 0.2) is 42.5 Å². The van der Waals surface area contributed by atoms with Crippen LogP contribution in [0.5, 0.6) is 11.5 Å². The van der Waals surface area contributed by atoms with Crippen LogP contribution in [-0.2, 0) is 0 Å². The first-order valence-corrected chi connectivity index (χ1v) is 7.38. The van der Waals surface area contributed by atoms with Crippen LogP contribution >= 0.6 is 11.3 Å². The van der Waals surface area contributed by atoms with Crippen LogP contribution in [-0.4, -0.2) is 16.5 Å². The molecule has 0 atom stereocenters. The summed E-state index contributed by atoms with van der Waals surface area (Å²) in [7, 11) is 0. The van der Waals surface area contributed by atoms with Gasteiger partial charge in [0.25, 0.3) is 0 Å². The van der Waals surface area contributed by atoms with Gasteiger partial charge in [-0.25, -0.2) is 8.78 Å². The number of benzene rings is 2. The summed E-state index contributed by atoms with van der Waals surface area (Å²) >= 11 is 1.06. The minimum atomic E-state index is -0.673. The molecule has 0 fully saturated rings. The van der Waals surface area contributed by atoms with Crippen molar-refractivity contribution >= 4 is 17.6 Å². The molecule has 0 radical (unpaired) electrons. The van der Waals surface area contributed by atoms with Gasteiger partial charge in [0.2, 0.25) is 0 Å². The summed E-state index contributed by atoms with van der Waals surface area (Å²) in [6.45, 7) is 0. The first-order valence-electron chi connectivity index (χ1n) is 6.56. The number of halogens is 2. The maximum absolute atomic E-state index is 14.0. The van der Waals surface area contributed by atoms with Gasteiger partial charge in [-0.05, 0) is 30.3 Å². The number of hydrogen-bond donors (Lipinski definition) is 2. The van der Waals surface area contributed by atoms with Gasteiger partial charge in [0, 0.05) is 38.6 Å². The van der Waals surface area contributed by atoms with Crippen molar-refractivity contribution in [3.63, 3.8) is 0 Å². The second-order valence-corrected chi connectivity index (χ2v) is 5.89. The molecule has 0 aliphatic heterocycles. The van der Waals surface area contributed by atoms with E-state index in [4.69, 9.17) is 0 Å². The zero-order valence-electron chi connectivity index (χ0n) is 11.6. The Morgan fingerprint density at radius 3 is 1.96 bits per heavy atom. The van der Waals surface area contributed by atoms with Gasteiger partial charge in [0.15, 0.2) is 6.29 Å². The molecule has 0 saturated heterocycles. The highest BCUT2D eigenvalue weighted by Crippen LogP contribution is 2.40. The topological polar surface area (TPSA) is 57.5 Å². The lowest BCUT2D eigenvalue weighted by Crippen LogP contribution is -1.85. The van der Waals surface area contributed by atoms with Gasteiger partial charge >= 0.3 is 0 Å². The molecule has 23 heavy (non-hydrogen) atoms. The average Bonchev–Trinajstić information content (AvgIpc) is 2.91. The number of thiophene rings is 1. The van der Waals surface area contributed by atoms with E-state index in [1.165, 1.54) is 30.3 Å². The summed E-state index contributed by atoms with van der Waals surface area (Å²) in [5.41, 5.74) is 0.587. The molecule has 3 aromatic rings. The molecule has 0 bridgehead atoms. The van der Waals surface area contributed by atoms with Crippen LogP contribution in [0, 0.1) is 11.6 Å². The van der Waals surface area contributed by atoms with Crippen LogP contribution in [0.1, 0.15) is 10.4 Å². The van der Waals surface area contributed by atoms with Gasteiger partial charge in [0.1, 0.15) is 23.1 Å². The Labute approximate surface area is 134 Å². The van der Waals surface area contributed by atoms with E-state index in [1.54, 1.807) is 0 Å². The lowest BCUT2D eigenvalue weighted by atomic mass is 10.1. The van der Waals surface area contributed by atoms with E-state index in [9.17, 15) is 23.8 Å². The van der Waals surface area contributed by atoms with E-state index in [1.807, 2.05) is 0 Å². The van der Waals surface area contributed by atoms with Crippen molar-refractivity contribution in [2.75, 3.05) is 0 Å². The Morgan fingerprint density at radius 1 is 0.870 bits per heavy atom. The molecule has 0 aliphatic rings. The largest absolute Gasteiger partial charge is 0.508 e. The second kappa shape index (κ2) is 5.81. The van der Waals surface area contributed by atoms with Gasteiger partial charge < -0.3 is 10.2 Å². The van der Waals surface area contributed by atoms with E-state index in [0.717, 1.165) is 23.5 Å². The highest BCUT2D eigenvalue weighted by molar-refractivity contribution is 7.19. The summed E-state index contributed by atoms with van der Waals surface area (Å²) in [5.74, 6) is -1.74. The number of hydrogen-bond acceptors (Lipinski definition) is 4. The van der Waals surface area contributed by atoms with E-state index < -0.39 is 11.6 Å². The summed E-state index contributed by atoms with van der Waals surface area (Å²) in [6.07, 6.45) is 0.569. The molecule has 3 rings (SSSR count). The minimum Gasteiger partial charge on any atom is -0.508 e. The van der Waals surface area contributed by atoms with Gasteiger partial charge in [-0.3, -0.25) is 4.79 Å². The van der Waals surface area contributed by atoms with Crippen molar-refractivity contribution in [1.82, 2.24) is 0 Å². The molecular weight excluding hydrogens is 322 g/mol. The van der Waals surface area contributed by atoms with Gasteiger partial charge in [0.05, 0.1) is 0 Å². The van der Waals surface area contributed by atoms with Crippen molar-refractivity contribution in [2.24, 2.45) is 0 Å². The van der Waals surface area contributed by atoms with Crippen molar-refractivity contribution < 1.29 is 23.8 Å². The molecule has 2 N–H and O–H groups in total. The Bertz CT molecular complexity index is 903. The first kappa shape index (κ1) is 15.2. The van der Waals surface area contributed by atoms with Gasteiger partial charge in [-0.2, -0.15) is 0 Å². The molecule has 3 nitrogen and oxygen atoms in total. The highest BCUT2D eigenvalue weighted by Gasteiger charge is 2.17. The van der Waals surface area contributed by atoms with E-state index in [2.05, 4.69) is 0 Å². The molecule has 1 aromatic heterocycles. The maximum Gasteiger partial charge on any atom is 0.151 e. The number of aromatic hydroxyl groups is 2. The van der Waals surface area contributed by atoms with E-state index in [0.29, 0.717) is 16.0 Å². The van der Waals surface area contributed by atoms with E-state index >= 15 is 0 Å². The Morgan fingerprint density at radius 2 is 1.43 bits per heavy atom. The fourth-order valence-electron chi connectivity index (χ4n) is 2.23. The highest BCUT2D eigenvalue weighted by atomic mass is 32.1. The number of aldehydes is 1. The zero-order valence-corrected chi connectivity index (χ0v) is 12.4. The van der Waals surface area contributed by atoms with Crippen molar-refractivity contribution in [2.45, 2.75) is 0 Å². The third kappa shape index (κ3) is 2.80. The molecule has 1 heterocycles. The zero-order chi connectivity index (χ0) is 16.6. The predicted molar refractivity (Wildman–Crippen MR) is 83.8 cm³/mol. The second-order valence-electron chi connectivity index (χ2n) is 4.84. The summed E-state index contributed by atoms with van der Waals surface area (Å²) in [6, 6.07) is 8.78. The maximum atomic E-state index is 14.0. The van der Waals surface area contributed by atoms with Crippen molar-refractivity contribution in [3.05, 3.63) is 59.7 Å². The molecular formula is C17H10F2O3S. The third-order valence-electron chi connectivity index (χ3n) is 3.30. The summed E-state index contributed by atoms with van der Waals surface area (Å²) in [5, 5.41) is 18.5. The number of carbonyl (C=O) groups excluding carboxylic acids is 1. The summed E-state index contributed by atoms with van der Waals surface area (Å²) < 4.78 is 28.0. The predicted octanol–water partition coefficient (Wildman–Crippen LogP) is 4.58. The Balaban J connectivity index is 2.16. The fraction of sp³-hybridized carbons (Fsp3) is 0. The fourth-order valence-corrected chi connectivity index (χ4v) is 3.41. The minimum absolute atomic E-state index is 0.153. The molecule has 0 amide bonds. The van der Waals surface area contributed by atoms with Crippen LogP contribution in [0.3, 0.4) is 0 Å². The number of carbonyl (C=O) groups is 1. The number of rotatable bonds is 3. The van der Waals surface area contributed by atoms with Crippen molar-refractivity contribution in [1.29, 1.82) is 0 Å². The van der Waals surface area contributed by atoms with Crippen LogP contribution in [0.4, 0.5) is 8.78 Å². The Kier molecular flexibility index (Phi) is 3.83. The molecule has 0 saturated carbocycles. The SMILES string of the molecule is O=Cc1cc(-c2ccc(O)cc2F)sc1-c1ccc(O)cc1F. The first-order chi connectivity index (χ1) is 11.0. The monoisotopic (exact) mass is 332 g/mol. The van der Waals surface area contributed by atoms with Crippen LogP contribution in [0.25, 0.3) is 20.9 Å². The Hall–Kier alpha value is -2.73. The third-order valence-corrected chi connectivity index (χ3v) is 4.52. The number of phenolic OH excluding ortho intramolecular Hbond substituents is 2. The smallest absolute Gasteiger partial charge is 0.151 e. The lowest BCUT2D eigenvalue weighted by molar-refractivity contribution is 0.112. The number of phenols is 2. The standard InChI is InChI=1S/C17H10F2O3S/c18-14-6-10(21)1-3-12(14)16-5-9(8-20)17(23-16)13-4-2-11(22)7-15(13)19/h1-8,21-22H. The molecule has 0 unspecified atom stereocenters. The van der Waals surface area contributed by atoms with Gasteiger partial charge in [-0.15, -0.1) is 11.3 Å². The quantitative estimate of drug-likeness (QED) is 0.690. The molecule has 6 heteroatoms. The molecule has 116 valence electrons. The van der Waals surface area contributed by atoms with E-state index in [-0.39, 0.29) is 28.2 Å².